The lowest BCUT2D eigenvalue weighted by molar-refractivity contribution is 0.0170. The fourth-order valence-electron chi connectivity index (χ4n) is 3.69. The van der Waals surface area contributed by atoms with Crippen molar-refractivity contribution in [1.82, 2.24) is 15.5 Å². The molecule has 1 atom stereocenters. The molecular formula is C20H38N4O2. The molecule has 1 aliphatic carbocycles. The zero-order valence-corrected chi connectivity index (χ0v) is 17.1. The Hall–Kier alpha value is -1.46. The van der Waals surface area contributed by atoms with Gasteiger partial charge in [-0.3, -0.25) is 4.99 Å². The van der Waals surface area contributed by atoms with Gasteiger partial charge in [0.1, 0.15) is 5.60 Å². The molecule has 1 saturated carbocycles. The Kier molecular flexibility index (Phi) is 8.04. The molecular weight excluding hydrogens is 328 g/mol. The second-order valence-corrected chi connectivity index (χ2v) is 8.63. The largest absolute Gasteiger partial charge is 0.444 e. The van der Waals surface area contributed by atoms with Crippen LogP contribution in [-0.2, 0) is 4.74 Å². The summed E-state index contributed by atoms with van der Waals surface area (Å²) in [6.45, 7) is 11.0. The van der Waals surface area contributed by atoms with Crippen LogP contribution in [0.5, 0.6) is 0 Å². The molecule has 0 bridgehead atoms. The van der Waals surface area contributed by atoms with Gasteiger partial charge in [0.25, 0.3) is 0 Å². The maximum Gasteiger partial charge on any atom is 0.410 e. The van der Waals surface area contributed by atoms with Gasteiger partial charge in [0, 0.05) is 32.2 Å². The molecule has 150 valence electrons. The van der Waals surface area contributed by atoms with Gasteiger partial charge >= 0.3 is 6.09 Å². The zero-order valence-electron chi connectivity index (χ0n) is 17.1. The van der Waals surface area contributed by atoms with Crippen LogP contribution < -0.4 is 10.6 Å². The molecule has 0 radical (unpaired) electrons. The molecule has 0 spiro atoms. The third kappa shape index (κ3) is 7.42. The predicted octanol–water partition coefficient (Wildman–Crippen LogP) is 3.52. The molecule has 2 rings (SSSR count). The number of ether oxygens (including phenoxy) is 1. The lowest BCUT2D eigenvalue weighted by Crippen LogP contribution is -2.45. The van der Waals surface area contributed by atoms with Crippen LogP contribution in [0.3, 0.4) is 0 Å². The Bertz CT molecular complexity index is 467. The highest BCUT2D eigenvalue weighted by molar-refractivity contribution is 5.80. The smallest absolute Gasteiger partial charge is 0.410 e. The van der Waals surface area contributed by atoms with Crippen molar-refractivity contribution in [1.29, 1.82) is 0 Å². The summed E-state index contributed by atoms with van der Waals surface area (Å²) in [6, 6.07) is 0.547. The first-order valence-electron chi connectivity index (χ1n) is 10.4. The van der Waals surface area contributed by atoms with Crippen LogP contribution in [0, 0.1) is 5.92 Å². The Morgan fingerprint density at radius 1 is 1.15 bits per heavy atom. The van der Waals surface area contributed by atoms with Gasteiger partial charge in [0.15, 0.2) is 5.96 Å². The van der Waals surface area contributed by atoms with E-state index in [1.54, 1.807) is 0 Å². The standard InChI is InChI=1S/C20H38N4O2/c1-5-21-18(23-17-11-7-6-8-12-17)22-14-16-10-9-13-24(15-16)19(25)26-20(2,3)4/h16-17H,5-15H2,1-4H3,(H2,21,22,23). The van der Waals surface area contributed by atoms with Gasteiger partial charge in [-0.15, -0.1) is 0 Å². The Labute approximate surface area is 159 Å². The summed E-state index contributed by atoms with van der Waals surface area (Å²) in [5.41, 5.74) is -0.440. The maximum absolute atomic E-state index is 12.3. The van der Waals surface area contributed by atoms with Crippen LogP contribution in [0.15, 0.2) is 4.99 Å². The minimum absolute atomic E-state index is 0.196. The predicted molar refractivity (Wildman–Crippen MR) is 107 cm³/mol. The van der Waals surface area contributed by atoms with Crippen molar-refractivity contribution in [3.63, 3.8) is 0 Å². The number of amides is 1. The number of piperidine rings is 1. The quantitative estimate of drug-likeness (QED) is 0.590. The molecule has 1 heterocycles. The maximum atomic E-state index is 12.3. The van der Waals surface area contributed by atoms with Crippen LogP contribution in [0.1, 0.15) is 72.6 Å². The lowest BCUT2D eigenvalue weighted by atomic mass is 9.96. The van der Waals surface area contributed by atoms with E-state index < -0.39 is 5.60 Å². The van der Waals surface area contributed by atoms with Gasteiger partial charge in [-0.05, 0) is 59.3 Å². The molecule has 26 heavy (non-hydrogen) atoms. The van der Waals surface area contributed by atoms with E-state index in [1.807, 2.05) is 25.7 Å². The first-order chi connectivity index (χ1) is 12.4. The van der Waals surface area contributed by atoms with E-state index in [2.05, 4.69) is 17.6 Å². The fourth-order valence-corrected chi connectivity index (χ4v) is 3.69. The number of carbonyl (C=O) groups is 1. The van der Waals surface area contributed by atoms with E-state index in [0.29, 0.717) is 12.0 Å². The zero-order chi connectivity index (χ0) is 19.0. The van der Waals surface area contributed by atoms with E-state index in [1.165, 1.54) is 32.1 Å². The first kappa shape index (κ1) is 20.8. The van der Waals surface area contributed by atoms with Gasteiger partial charge in [0.05, 0.1) is 0 Å². The van der Waals surface area contributed by atoms with Crippen LogP contribution >= 0.6 is 0 Å². The highest BCUT2D eigenvalue weighted by Gasteiger charge is 2.27. The second-order valence-electron chi connectivity index (χ2n) is 8.63. The molecule has 0 aromatic heterocycles. The van der Waals surface area contributed by atoms with E-state index >= 15 is 0 Å². The minimum Gasteiger partial charge on any atom is -0.444 e. The SMILES string of the molecule is CCNC(=NCC1CCCN(C(=O)OC(C)(C)C)C1)NC1CCCCC1. The van der Waals surface area contributed by atoms with E-state index in [0.717, 1.165) is 45.0 Å². The molecule has 0 aromatic carbocycles. The summed E-state index contributed by atoms with van der Waals surface area (Å²) < 4.78 is 5.52. The summed E-state index contributed by atoms with van der Waals surface area (Å²) in [5, 5.41) is 6.96. The number of nitrogens with zero attached hydrogens (tertiary/aromatic N) is 2. The van der Waals surface area contributed by atoms with Crippen LogP contribution in [0.4, 0.5) is 4.79 Å². The summed E-state index contributed by atoms with van der Waals surface area (Å²) in [5.74, 6) is 1.33. The molecule has 6 nitrogen and oxygen atoms in total. The van der Waals surface area contributed by atoms with Crippen molar-refractivity contribution in [2.45, 2.75) is 84.3 Å². The molecule has 1 unspecified atom stereocenters. The highest BCUT2D eigenvalue weighted by Crippen LogP contribution is 2.20. The average molecular weight is 367 g/mol. The van der Waals surface area contributed by atoms with Crippen molar-refractivity contribution < 1.29 is 9.53 Å². The number of aliphatic imine (C=N–C) groups is 1. The fraction of sp³-hybridized carbons (Fsp3) is 0.900. The van der Waals surface area contributed by atoms with E-state index in [9.17, 15) is 4.79 Å². The topological polar surface area (TPSA) is 66.0 Å². The average Bonchev–Trinajstić information content (AvgIpc) is 2.59. The molecule has 6 heteroatoms. The third-order valence-electron chi connectivity index (χ3n) is 4.97. The van der Waals surface area contributed by atoms with Crippen LogP contribution in [0.25, 0.3) is 0 Å². The van der Waals surface area contributed by atoms with Gasteiger partial charge < -0.3 is 20.3 Å². The van der Waals surface area contributed by atoms with E-state index in [-0.39, 0.29) is 6.09 Å². The monoisotopic (exact) mass is 366 g/mol. The minimum atomic E-state index is -0.440. The Balaban J connectivity index is 1.85. The number of hydrogen-bond acceptors (Lipinski definition) is 3. The van der Waals surface area contributed by atoms with Gasteiger partial charge in [0.2, 0.25) is 0 Å². The summed E-state index contributed by atoms with van der Waals surface area (Å²) in [4.78, 5) is 19.0. The van der Waals surface area contributed by atoms with Crippen molar-refractivity contribution in [3.05, 3.63) is 0 Å². The first-order valence-corrected chi connectivity index (χ1v) is 10.4. The number of nitrogens with one attached hydrogen (secondary N) is 2. The summed E-state index contributed by atoms with van der Waals surface area (Å²) in [6.07, 6.45) is 8.39. The third-order valence-corrected chi connectivity index (χ3v) is 4.97. The lowest BCUT2D eigenvalue weighted by Gasteiger charge is -2.33. The van der Waals surface area contributed by atoms with Crippen molar-refractivity contribution in [3.8, 4) is 0 Å². The van der Waals surface area contributed by atoms with Crippen LogP contribution in [-0.4, -0.2) is 54.8 Å². The van der Waals surface area contributed by atoms with Crippen molar-refractivity contribution in [2.75, 3.05) is 26.2 Å². The Morgan fingerprint density at radius 2 is 1.88 bits per heavy atom. The molecule has 1 amide bonds. The molecule has 2 N–H and O–H groups in total. The summed E-state index contributed by atoms with van der Waals surface area (Å²) in [7, 11) is 0. The second kappa shape index (κ2) is 10.0. The molecule has 1 saturated heterocycles. The van der Waals surface area contributed by atoms with Crippen molar-refractivity contribution >= 4 is 12.1 Å². The number of carbonyl (C=O) groups excluding carboxylic acids is 1. The normalized spacial score (nSPS) is 22.8. The Morgan fingerprint density at radius 3 is 2.54 bits per heavy atom. The van der Waals surface area contributed by atoms with Crippen LogP contribution in [0.2, 0.25) is 0 Å². The molecule has 2 fully saturated rings. The summed E-state index contributed by atoms with van der Waals surface area (Å²) >= 11 is 0. The molecule has 2 aliphatic rings. The van der Waals surface area contributed by atoms with Gasteiger partial charge in [-0.25, -0.2) is 4.79 Å². The molecule has 0 aromatic rings. The number of hydrogen-bond donors (Lipinski definition) is 2. The van der Waals surface area contributed by atoms with Gasteiger partial charge in [-0.1, -0.05) is 19.3 Å². The number of rotatable bonds is 4. The highest BCUT2D eigenvalue weighted by atomic mass is 16.6. The number of guanidine groups is 1. The molecule has 1 aliphatic heterocycles. The number of likely N-dealkylation sites (tertiary alicyclic amines) is 1. The van der Waals surface area contributed by atoms with E-state index in [4.69, 9.17) is 9.73 Å². The van der Waals surface area contributed by atoms with Crippen molar-refractivity contribution in [2.24, 2.45) is 10.9 Å². The van der Waals surface area contributed by atoms with Gasteiger partial charge in [-0.2, -0.15) is 0 Å².